The molecule has 0 unspecified atom stereocenters. The Morgan fingerprint density at radius 1 is 1.11 bits per heavy atom. The number of aliphatic hydroxyl groups excluding tert-OH is 1. The predicted molar refractivity (Wildman–Crippen MR) is 135 cm³/mol. The van der Waals surface area contributed by atoms with Crippen molar-refractivity contribution >= 4 is 17.6 Å². The van der Waals surface area contributed by atoms with Gasteiger partial charge in [-0.05, 0) is 36.1 Å². The average molecular weight is 522 g/mol. The minimum absolute atomic E-state index is 0.00958. The number of carbonyl (C=O) groups excluding carboxylic acids is 1. The maximum absolute atomic E-state index is 13.4. The first kappa shape index (κ1) is 28.6. The van der Waals surface area contributed by atoms with Crippen LogP contribution in [0.1, 0.15) is 37.5 Å². The fourth-order valence-electron chi connectivity index (χ4n) is 4.77. The van der Waals surface area contributed by atoms with Crippen LogP contribution in [-0.2, 0) is 21.4 Å². The Balaban J connectivity index is 0.000000479. The molecule has 0 bridgehead atoms. The lowest BCUT2D eigenvalue weighted by Crippen LogP contribution is -2.59. The number of carboxylic acid groups (broad SMARTS) is 1. The van der Waals surface area contributed by atoms with Gasteiger partial charge in [0.25, 0.3) is 0 Å². The summed E-state index contributed by atoms with van der Waals surface area (Å²) in [5.41, 5.74) is 4.71. The molecule has 1 amide bonds. The molecule has 202 valence electrons. The van der Waals surface area contributed by atoms with Crippen LogP contribution in [0.25, 0.3) is 0 Å². The molecule has 0 spiro atoms. The van der Waals surface area contributed by atoms with Gasteiger partial charge in [0.2, 0.25) is 5.91 Å². The number of anilines is 1. The van der Waals surface area contributed by atoms with Gasteiger partial charge in [-0.3, -0.25) is 9.69 Å². The molecule has 1 saturated heterocycles. The summed E-state index contributed by atoms with van der Waals surface area (Å²) < 4.78 is 31.7. The number of aliphatic carboxylic acids is 1. The summed E-state index contributed by atoms with van der Waals surface area (Å²) in [6.45, 7) is 9.13. The molecular formula is C27H34F3N3O4. The molecule has 0 aliphatic carbocycles. The highest BCUT2D eigenvalue weighted by Crippen LogP contribution is 2.41. The van der Waals surface area contributed by atoms with Gasteiger partial charge in [-0.25, -0.2) is 4.79 Å². The number of halogens is 3. The van der Waals surface area contributed by atoms with Gasteiger partial charge in [-0.2, -0.15) is 13.2 Å². The highest BCUT2D eigenvalue weighted by atomic mass is 19.4. The van der Waals surface area contributed by atoms with Crippen LogP contribution in [-0.4, -0.2) is 78.0 Å². The third-order valence-electron chi connectivity index (χ3n) is 6.71. The number of piperazine rings is 1. The van der Waals surface area contributed by atoms with Crippen molar-refractivity contribution in [1.82, 2.24) is 10.2 Å². The van der Waals surface area contributed by atoms with Crippen LogP contribution < -0.4 is 10.2 Å². The SMILES string of the molecule is C[C@@H]1CN(CC(=O)N2CC(C)(C)c3ccc(Cc4ccccc4)cc32)[C@@H](CO)CN1.O=C(O)C(F)(F)F. The lowest BCUT2D eigenvalue weighted by molar-refractivity contribution is -0.192. The van der Waals surface area contributed by atoms with E-state index < -0.39 is 12.1 Å². The molecule has 2 aliphatic heterocycles. The first-order valence-corrected chi connectivity index (χ1v) is 12.2. The molecule has 3 N–H and O–H groups in total. The maximum Gasteiger partial charge on any atom is 0.490 e. The topological polar surface area (TPSA) is 93.1 Å². The molecule has 10 heteroatoms. The standard InChI is InChI=1S/C25H33N3O2.C2HF3O2/c1-18-14-27(21(16-29)13-26-18)15-24(30)28-17-25(2,3)22-10-9-20(12-23(22)28)11-19-7-5-4-6-8-19;3-2(4,5)1(6)7/h4-10,12,18,21,26,29H,11,13-17H2,1-3H3;(H,6,7)/t18-,21-;/m1./s1. The van der Waals surface area contributed by atoms with Gasteiger partial charge in [0.05, 0.1) is 13.2 Å². The number of benzene rings is 2. The molecule has 0 saturated carbocycles. The summed E-state index contributed by atoms with van der Waals surface area (Å²) in [6, 6.07) is 17.3. The number of fused-ring (bicyclic) bond motifs is 1. The molecule has 7 nitrogen and oxygen atoms in total. The Bertz CT molecular complexity index is 1090. The number of rotatable bonds is 5. The van der Waals surface area contributed by atoms with Crippen LogP contribution in [0.5, 0.6) is 0 Å². The van der Waals surface area contributed by atoms with Crippen molar-refractivity contribution in [2.45, 2.75) is 50.9 Å². The molecule has 1 fully saturated rings. The van der Waals surface area contributed by atoms with E-state index in [1.165, 1.54) is 16.7 Å². The van der Waals surface area contributed by atoms with Crippen molar-refractivity contribution in [3.63, 3.8) is 0 Å². The van der Waals surface area contributed by atoms with Crippen LogP contribution >= 0.6 is 0 Å². The first-order chi connectivity index (χ1) is 17.3. The van der Waals surface area contributed by atoms with Crippen molar-refractivity contribution in [3.05, 3.63) is 65.2 Å². The summed E-state index contributed by atoms with van der Waals surface area (Å²) in [6.07, 6.45) is -4.22. The van der Waals surface area contributed by atoms with E-state index in [1.54, 1.807) is 0 Å². The fourth-order valence-corrected chi connectivity index (χ4v) is 4.77. The van der Waals surface area contributed by atoms with Crippen LogP contribution in [0.2, 0.25) is 0 Å². The quantitative estimate of drug-likeness (QED) is 0.560. The zero-order valence-corrected chi connectivity index (χ0v) is 21.3. The third-order valence-corrected chi connectivity index (χ3v) is 6.71. The van der Waals surface area contributed by atoms with Crippen molar-refractivity contribution in [2.24, 2.45) is 0 Å². The Morgan fingerprint density at radius 3 is 2.35 bits per heavy atom. The highest BCUT2D eigenvalue weighted by molar-refractivity contribution is 5.97. The van der Waals surface area contributed by atoms with Crippen LogP contribution in [0.4, 0.5) is 18.9 Å². The predicted octanol–water partition coefficient (Wildman–Crippen LogP) is 3.19. The average Bonchev–Trinajstić information content (AvgIpc) is 3.10. The molecule has 37 heavy (non-hydrogen) atoms. The van der Waals surface area contributed by atoms with Gasteiger partial charge in [-0.1, -0.05) is 56.3 Å². The summed E-state index contributed by atoms with van der Waals surface area (Å²) in [5.74, 6) is -2.64. The van der Waals surface area contributed by atoms with Crippen molar-refractivity contribution in [3.8, 4) is 0 Å². The molecule has 0 radical (unpaired) electrons. The van der Waals surface area contributed by atoms with Gasteiger partial charge in [0.1, 0.15) is 0 Å². The molecule has 4 rings (SSSR count). The minimum Gasteiger partial charge on any atom is -0.475 e. The van der Waals surface area contributed by atoms with Gasteiger partial charge in [0.15, 0.2) is 0 Å². The molecule has 2 aliphatic rings. The molecule has 2 atom stereocenters. The first-order valence-electron chi connectivity index (χ1n) is 12.2. The number of hydrogen-bond acceptors (Lipinski definition) is 5. The smallest absolute Gasteiger partial charge is 0.475 e. The summed E-state index contributed by atoms with van der Waals surface area (Å²) >= 11 is 0. The fraction of sp³-hybridized carbons (Fsp3) is 0.481. The van der Waals surface area contributed by atoms with E-state index in [0.717, 1.165) is 18.7 Å². The second-order valence-electron chi connectivity index (χ2n) is 10.3. The van der Waals surface area contributed by atoms with E-state index in [2.05, 4.69) is 73.5 Å². The zero-order valence-electron chi connectivity index (χ0n) is 21.3. The number of amides is 1. The monoisotopic (exact) mass is 521 g/mol. The summed E-state index contributed by atoms with van der Waals surface area (Å²) in [5, 5.41) is 20.3. The normalized spacial score (nSPS) is 21.1. The summed E-state index contributed by atoms with van der Waals surface area (Å²) in [7, 11) is 0. The Morgan fingerprint density at radius 2 is 1.76 bits per heavy atom. The number of aliphatic hydroxyl groups is 1. The third kappa shape index (κ3) is 7.30. The van der Waals surface area contributed by atoms with E-state index in [-0.39, 0.29) is 24.0 Å². The molecule has 0 aromatic heterocycles. The van der Waals surface area contributed by atoms with Crippen LogP contribution in [0, 0.1) is 0 Å². The van der Waals surface area contributed by atoms with Crippen molar-refractivity contribution < 1.29 is 33.0 Å². The number of nitrogens with zero attached hydrogens (tertiary/aromatic N) is 2. The zero-order chi connectivity index (χ0) is 27.4. The Kier molecular flexibility index (Phi) is 8.99. The van der Waals surface area contributed by atoms with E-state index in [0.29, 0.717) is 25.7 Å². The Hall–Kier alpha value is -2.95. The van der Waals surface area contributed by atoms with Gasteiger partial charge in [0, 0.05) is 42.8 Å². The maximum atomic E-state index is 13.4. The van der Waals surface area contributed by atoms with Crippen molar-refractivity contribution in [2.75, 3.05) is 37.7 Å². The highest BCUT2D eigenvalue weighted by Gasteiger charge is 2.39. The number of nitrogens with one attached hydrogen (secondary N) is 1. The molecule has 2 heterocycles. The van der Waals surface area contributed by atoms with E-state index in [9.17, 15) is 23.1 Å². The lowest BCUT2D eigenvalue weighted by Gasteiger charge is -2.38. The second-order valence-corrected chi connectivity index (χ2v) is 10.3. The largest absolute Gasteiger partial charge is 0.490 e. The molecule has 2 aromatic carbocycles. The number of carbonyl (C=O) groups is 2. The van der Waals surface area contributed by atoms with E-state index in [1.807, 2.05) is 11.0 Å². The van der Waals surface area contributed by atoms with Crippen LogP contribution in [0.3, 0.4) is 0 Å². The molecule has 2 aromatic rings. The number of alkyl halides is 3. The molecular weight excluding hydrogens is 487 g/mol. The number of hydrogen-bond donors (Lipinski definition) is 3. The van der Waals surface area contributed by atoms with Crippen LogP contribution in [0.15, 0.2) is 48.5 Å². The van der Waals surface area contributed by atoms with Gasteiger partial charge >= 0.3 is 12.1 Å². The van der Waals surface area contributed by atoms with Gasteiger partial charge in [-0.15, -0.1) is 0 Å². The second kappa shape index (κ2) is 11.6. The van der Waals surface area contributed by atoms with E-state index in [4.69, 9.17) is 9.90 Å². The Labute approximate surface area is 214 Å². The van der Waals surface area contributed by atoms with E-state index >= 15 is 0 Å². The lowest BCUT2D eigenvalue weighted by atomic mass is 9.86. The van der Waals surface area contributed by atoms with Gasteiger partial charge < -0.3 is 20.4 Å². The number of carboxylic acids is 1. The summed E-state index contributed by atoms with van der Waals surface area (Å²) in [4.78, 5) is 26.4. The minimum atomic E-state index is -5.08. The van der Waals surface area contributed by atoms with Crippen molar-refractivity contribution in [1.29, 1.82) is 0 Å².